The van der Waals surface area contributed by atoms with Crippen LogP contribution in [0.4, 0.5) is 5.69 Å². The molecule has 0 saturated carbocycles. The zero-order chi connectivity index (χ0) is 15.6. The Morgan fingerprint density at radius 1 is 1.33 bits per heavy atom. The molecular formula is C14H20ClN5O. The van der Waals surface area contributed by atoms with Crippen molar-refractivity contribution in [2.75, 3.05) is 18.0 Å². The lowest BCUT2D eigenvalue weighted by Gasteiger charge is -2.20. The molecule has 0 spiro atoms. The van der Waals surface area contributed by atoms with E-state index >= 15 is 0 Å². The van der Waals surface area contributed by atoms with E-state index in [4.69, 9.17) is 11.6 Å². The molecule has 0 N–H and O–H groups in total. The van der Waals surface area contributed by atoms with Crippen molar-refractivity contribution >= 4 is 17.3 Å². The summed E-state index contributed by atoms with van der Waals surface area (Å²) < 4.78 is 3.00. The van der Waals surface area contributed by atoms with Crippen LogP contribution in [0, 0.1) is 6.92 Å². The van der Waals surface area contributed by atoms with Crippen LogP contribution in [0.2, 0.25) is 5.15 Å². The third-order valence-electron chi connectivity index (χ3n) is 3.56. The lowest BCUT2D eigenvalue weighted by atomic mass is 10.2. The normalized spacial score (nSPS) is 10.9. The van der Waals surface area contributed by atoms with Gasteiger partial charge < -0.3 is 4.90 Å². The summed E-state index contributed by atoms with van der Waals surface area (Å²) in [6.07, 6.45) is 1.72. The SMILES string of the molecule is CCN(CC)c1cnn(Cc2c(C)nn(C)c2Cl)c(=O)c1. The number of anilines is 1. The Balaban J connectivity index is 2.32. The second-order valence-corrected chi connectivity index (χ2v) is 5.22. The number of hydrogen-bond acceptors (Lipinski definition) is 4. The topological polar surface area (TPSA) is 56.0 Å². The summed E-state index contributed by atoms with van der Waals surface area (Å²) in [6, 6.07) is 1.61. The first-order chi connectivity index (χ1) is 9.97. The molecule has 0 bridgehead atoms. The minimum absolute atomic E-state index is 0.140. The maximum Gasteiger partial charge on any atom is 0.269 e. The van der Waals surface area contributed by atoms with E-state index in [2.05, 4.69) is 15.1 Å². The molecule has 0 aliphatic rings. The van der Waals surface area contributed by atoms with Gasteiger partial charge in [0.25, 0.3) is 5.56 Å². The van der Waals surface area contributed by atoms with Crippen molar-refractivity contribution in [3.05, 3.63) is 39.0 Å². The van der Waals surface area contributed by atoms with E-state index in [1.165, 1.54) is 4.68 Å². The van der Waals surface area contributed by atoms with Crippen molar-refractivity contribution in [2.24, 2.45) is 7.05 Å². The molecule has 0 radical (unpaired) electrons. The van der Waals surface area contributed by atoms with Gasteiger partial charge in [0.15, 0.2) is 0 Å². The predicted octanol–water partition coefficient (Wildman–Crippen LogP) is 1.83. The van der Waals surface area contributed by atoms with Gasteiger partial charge in [0.2, 0.25) is 0 Å². The summed E-state index contributed by atoms with van der Waals surface area (Å²) in [5.74, 6) is 0. The third kappa shape index (κ3) is 3.10. The van der Waals surface area contributed by atoms with Crippen molar-refractivity contribution < 1.29 is 0 Å². The van der Waals surface area contributed by atoms with Crippen LogP contribution in [-0.4, -0.2) is 32.7 Å². The Bertz CT molecular complexity index is 687. The highest BCUT2D eigenvalue weighted by atomic mass is 35.5. The van der Waals surface area contributed by atoms with Gasteiger partial charge in [0, 0.05) is 31.8 Å². The third-order valence-corrected chi connectivity index (χ3v) is 4.03. The molecule has 0 aliphatic carbocycles. The number of aromatic nitrogens is 4. The van der Waals surface area contributed by atoms with Gasteiger partial charge in [-0.15, -0.1) is 0 Å². The Morgan fingerprint density at radius 2 is 2.00 bits per heavy atom. The molecule has 2 heterocycles. The summed E-state index contributed by atoms with van der Waals surface area (Å²) in [4.78, 5) is 14.3. The van der Waals surface area contributed by atoms with Gasteiger partial charge in [-0.3, -0.25) is 9.48 Å². The number of nitrogens with zero attached hydrogens (tertiary/aromatic N) is 5. The smallest absolute Gasteiger partial charge is 0.269 e. The molecule has 114 valence electrons. The molecule has 7 heteroatoms. The van der Waals surface area contributed by atoms with Gasteiger partial charge in [0.05, 0.1) is 24.1 Å². The zero-order valence-corrected chi connectivity index (χ0v) is 13.6. The second kappa shape index (κ2) is 6.30. The molecule has 0 aliphatic heterocycles. The molecule has 6 nitrogen and oxygen atoms in total. The van der Waals surface area contributed by atoms with Gasteiger partial charge in [0.1, 0.15) is 5.15 Å². The lowest BCUT2D eigenvalue weighted by Crippen LogP contribution is -2.28. The van der Waals surface area contributed by atoms with E-state index in [1.54, 1.807) is 24.0 Å². The quantitative estimate of drug-likeness (QED) is 0.845. The average Bonchev–Trinajstić information content (AvgIpc) is 2.69. The van der Waals surface area contributed by atoms with Gasteiger partial charge in [-0.1, -0.05) is 11.6 Å². The fraction of sp³-hybridized carbons (Fsp3) is 0.500. The van der Waals surface area contributed by atoms with Crippen LogP contribution in [0.15, 0.2) is 17.1 Å². The van der Waals surface area contributed by atoms with Crippen LogP contribution in [0.3, 0.4) is 0 Å². The molecule has 21 heavy (non-hydrogen) atoms. The van der Waals surface area contributed by atoms with Crippen molar-refractivity contribution in [1.82, 2.24) is 19.6 Å². The van der Waals surface area contributed by atoms with Crippen LogP contribution in [-0.2, 0) is 13.6 Å². The minimum Gasteiger partial charge on any atom is -0.371 e. The number of hydrogen-bond donors (Lipinski definition) is 0. The van der Waals surface area contributed by atoms with E-state index in [0.717, 1.165) is 30.0 Å². The zero-order valence-electron chi connectivity index (χ0n) is 12.8. The van der Waals surface area contributed by atoms with Crippen molar-refractivity contribution in [1.29, 1.82) is 0 Å². The molecule has 0 amide bonds. The fourth-order valence-corrected chi connectivity index (χ4v) is 2.54. The lowest BCUT2D eigenvalue weighted by molar-refractivity contribution is 0.634. The van der Waals surface area contributed by atoms with Crippen LogP contribution >= 0.6 is 11.6 Å². The summed E-state index contributed by atoms with van der Waals surface area (Å²) in [5.41, 5.74) is 2.34. The summed E-state index contributed by atoms with van der Waals surface area (Å²) >= 11 is 6.19. The van der Waals surface area contributed by atoms with E-state index in [-0.39, 0.29) is 5.56 Å². The standard InChI is InChI=1S/C14H20ClN5O/c1-5-19(6-2)11-7-13(21)20(16-8-11)9-12-10(3)17-18(4)14(12)15/h7-8H,5-6,9H2,1-4H3. The Labute approximate surface area is 128 Å². The molecule has 0 unspecified atom stereocenters. The maximum atomic E-state index is 12.2. The van der Waals surface area contributed by atoms with Crippen LogP contribution in [0.1, 0.15) is 25.1 Å². The van der Waals surface area contributed by atoms with Crippen LogP contribution < -0.4 is 10.5 Å². The monoisotopic (exact) mass is 309 g/mol. The molecular weight excluding hydrogens is 290 g/mol. The van der Waals surface area contributed by atoms with Gasteiger partial charge in [-0.2, -0.15) is 10.2 Å². The van der Waals surface area contributed by atoms with E-state index in [1.807, 2.05) is 20.8 Å². The Kier molecular flexibility index (Phi) is 4.67. The summed E-state index contributed by atoms with van der Waals surface area (Å²) in [6.45, 7) is 7.98. The maximum absolute atomic E-state index is 12.2. The number of aryl methyl sites for hydroxylation is 2. The number of rotatable bonds is 5. The predicted molar refractivity (Wildman–Crippen MR) is 84.1 cm³/mol. The van der Waals surface area contributed by atoms with Crippen molar-refractivity contribution in [3.63, 3.8) is 0 Å². The molecule has 0 fully saturated rings. The molecule has 2 aromatic heterocycles. The van der Waals surface area contributed by atoms with Gasteiger partial charge in [-0.25, -0.2) is 4.68 Å². The van der Waals surface area contributed by atoms with Gasteiger partial charge >= 0.3 is 0 Å². The van der Waals surface area contributed by atoms with E-state index in [0.29, 0.717) is 11.7 Å². The highest BCUT2D eigenvalue weighted by molar-refractivity contribution is 6.30. The molecule has 2 rings (SSSR count). The average molecular weight is 310 g/mol. The van der Waals surface area contributed by atoms with Crippen LogP contribution in [0.5, 0.6) is 0 Å². The second-order valence-electron chi connectivity index (χ2n) is 4.86. The Hall–Kier alpha value is -1.82. The molecule has 0 aromatic carbocycles. The highest BCUT2D eigenvalue weighted by Crippen LogP contribution is 2.19. The first-order valence-corrected chi connectivity index (χ1v) is 7.35. The summed E-state index contributed by atoms with van der Waals surface area (Å²) in [5, 5.41) is 9.03. The number of halogens is 1. The molecule has 0 atom stereocenters. The highest BCUT2D eigenvalue weighted by Gasteiger charge is 2.13. The summed E-state index contributed by atoms with van der Waals surface area (Å²) in [7, 11) is 1.78. The fourth-order valence-electron chi connectivity index (χ4n) is 2.31. The van der Waals surface area contributed by atoms with Crippen molar-refractivity contribution in [2.45, 2.75) is 27.3 Å². The van der Waals surface area contributed by atoms with Gasteiger partial charge in [-0.05, 0) is 20.8 Å². The van der Waals surface area contributed by atoms with Crippen LogP contribution in [0.25, 0.3) is 0 Å². The molecule has 0 saturated heterocycles. The van der Waals surface area contributed by atoms with Crippen molar-refractivity contribution in [3.8, 4) is 0 Å². The molecule has 2 aromatic rings. The van der Waals surface area contributed by atoms with E-state index < -0.39 is 0 Å². The first kappa shape index (κ1) is 15.6. The van der Waals surface area contributed by atoms with E-state index in [9.17, 15) is 4.79 Å². The minimum atomic E-state index is -0.140. The Morgan fingerprint density at radius 3 is 2.48 bits per heavy atom. The first-order valence-electron chi connectivity index (χ1n) is 6.98. The largest absolute Gasteiger partial charge is 0.371 e.